The van der Waals surface area contributed by atoms with E-state index in [9.17, 15) is 8.42 Å². The fourth-order valence-electron chi connectivity index (χ4n) is 1.84. The lowest BCUT2D eigenvalue weighted by atomic mass is 10.2. The molecular weight excluding hydrogens is 278 g/mol. The molecule has 0 saturated carbocycles. The Kier molecular flexibility index (Phi) is 6.90. The van der Waals surface area contributed by atoms with E-state index in [1.54, 1.807) is 19.2 Å². The minimum absolute atomic E-state index is 0.163. The molecule has 1 heterocycles. The molecule has 1 aromatic heterocycles. The molecule has 7 heteroatoms. The molecule has 0 radical (unpaired) electrons. The maximum Gasteiger partial charge on any atom is 0.242 e. The summed E-state index contributed by atoms with van der Waals surface area (Å²) in [6.07, 6.45) is 2.97. The van der Waals surface area contributed by atoms with Crippen LogP contribution in [0, 0.1) is 0 Å². The Labute approximate surface area is 121 Å². The van der Waals surface area contributed by atoms with Crippen molar-refractivity contribution in [2.24, 2.45) is 0 Å². The highest BCUT2D eigenvalue weighted by Gasteiger charge is 2.19. The van der Waals surface area contributed by atoms with Gasteiger partial charge in [-0.2, -0.15) is 0 Å². The van der Waals surface area contributed by atoms with Gasteiger partial charge >= 0.3 is 0 Å². The molecule has 0 aromatic carbocycles. The van der Waals surface area contributed by atoms with Crippen molar-refractivity contribution in [2.45, 2.75) is 37.6 Å². The first-order valence-electron chi connectivity index (χ1n) is 6.74. The normalized spacial score (nSPS) is 13.2. The number of methoxy groups -OCH3 is 1. The van der Waals surface area contributed by atoms with Crippen LogP contribution >= 0.6 is 0 Å². The van der Waals surface area contributed by atoms with Crippen LogP contribution in [0.1, 0.15) is 26.7 Å². The molecule has 0 fully saturated rings. The quantitative estimate of drug-likeness (QED) is 0.724. The van der Waals surface area contributed by atoms with Gasteiger partial charge in [-0.15, -0.1) is 0 Å². The number of nitrogens with one attached hydrogen (secondary N) is 2. The Morgan fingerprint density at radius 3 is 2.60 bits per heavy atom. The Morgan fingerprint density at radius 1 is 1.35 bits per heavy atom. The van der Waals surface area contributed by atoms with Crippen molar-refractivity contribution in [3.05, 3.63) is 18.3 Å². The summed E-state index contributed by atoms with van der Waals surface area (Å²) in [7, 11) is -2.00. The van der Waals surface area contributed by atoms with E-state index in [1.165, 1.54) is 6.20 Å². The number of aromatic nitrogens is 1. The first kappa shape index (κ1) is 16.9. The summed E-state index contributed by atoms with van der Waals surface area (Å²) in [6, 6.07) is 2.98. The van der Waals surface area contributed by atoms with Crippen molar-refractivity contribution in [3.8, 4) is 0 Å². The second kappa shape index (κ2) is 8.18. The minimum Gasteiger partial charge on any atom is -0.383 e. The molecular formula is C13H23N3O3S. The smallest absolute Gasteiger partial charge is 0.242 e. The van der Waals surface area contributed by atoms with Gasteiger partial charge in [0.05, 0.1) is 6.61 Å². The van der Waals surface area contributed by atoms with Gasteiger partial charge in [-0.3, -0.25) is 0 Å². The summed E-state index contributed by atoms with van der Waals surface area (Å²) in [5, 5.41) is 3.02. The third kappa shape index (κ3) is 5.07. The molecule has 0 aliphatic heterocycles. The second-order valence-electron chi connectivity index (χ2n) is 4.47. The Balaban J connectivity index is 2.80. The third-order valence-corrected chi connectivity index (χ3v) is 4.24. The maximum absolute atomic E-state index is 12.2. The Hall–Kier alpha value is -1.18. The van der Waals surface area contributed by atoms with Crippen molar-refractivity contribution in [1.82, 2.24) is 9.71 Å². The van der Waals surface area contributed by atoms with E-state index < -0.39 is 10.0 Å². The summed E-state index contributed by atoms with van der Waals surface area (Å²) in [6.45, 7) is 5.05. The van der Waals surface area contributed by atoms with Crippen LogP contribution in [0.3, 0.4) is 0 Å². The van der Waals surface area contributed by atoms with Gasteiger partial charge < -0.3 is 10.1 Å². The molecule has 0 amide bonds. The van der Waals surface area contributed by atoms with Crippen LogP contribution in [0.4, 0.5) is 5.82 Å². The van der Waals surface area contributed by atoms with Crippen molar-refractivity contribution in [1.29, 1.82) is 0 Å². The van der Waals surface area contributed by atoms with Crippen LogP contribution in [0.15, 0.2) is 23.2 Å². The molecule has 0 saturated heterocycles. The fraction of sp³-hybridized carbons (Fsp3) is 0.615. The van der Waals surface area contributed by atoms with E-state index in [0.717, 1.165) is 19.4 Å². The monoisotopic (exact) mass is 301 g/mol. The van der Waals surface area contributed by atoms with Gasteiger partial charge in [0.1, 0.15) is 10.7 Å². The summed E-state index contributed by atoms with van der Waals surface area (Å²) in [4.78, 5) is 4.24. The lowest BCUT2D eigenvalue weighted by molar-refractivity contribution is 0.171. The van der Waals surface area contributed by atoms with E-state index in [1.807, 2.05) is 13.8 Å². The molecule has 1 unspecified atom stereocenters. The molecule has 20 heavy (non-hydrogen) atoms. The molecule has 1 atom stereocenters. The molecule has 0 aliphatic rings. The summed E-state index contributed by atoms with van der Waals surface area (Å²) in [5.74, 6) is 0.661. The zero-order chi connectivity index (χ0) is 15.0. The summed E-state index contributed by atoms with van der Waals surface area (Å²) >= 11 is 0. The van der Waals surface area contributed by atoms with Gasteiger partial charge in [0.2, 0.25) is 10.0 Å². The number of ether oxygens (including phenoxy) is 1. The van der Waals surface area contributed by atoms with E-state index in [4.69, 9.17) is 4.74 Å². The Morgan fingerprint density at radius 2 is 2.10 bits per heavy atom. The number of rotatable bonds is 9. The molecule has 1 rings (SSSR count). The number of hydrogen-bond acceptors (Lipinski definition) is 5. The molecule has 6 nitrogen and oxygen atoms in total. The fourth-order valence-corrected chi connectivity index (χ4v) is 3.04. The molecule has 1 aromatic rings. The molecule has 2 N–H and O–H groups in total. The summed E-state index contributed by atoms with van der Waals surface area (Å²) < 4.78 is 32.2. The minimum atomic E-state index is -3.56. The average molecular weight is 301 g/mol. The highest BCUT2D eigenvalue weighted by Crippen LogP contribution is 2.12. The number of nitrogens with zero attached hydrogens (tertiary/aromatic N) is 1. The van der Waals surface area contributed by atoms with E-state index in [2.05, 4.69) is 15.0 Å². The average Bonchev–Trinajstić information content (AvgIpc) is 2.40. The highest BCUT2D eigenvalue weighted by atomic mass is 32.2. The van der Waals surface area contributed by atoms with Crippen molar-refractivity contribution >= 4 is 15.8 Å². The second-order valence-corrected chi connectivity index (χ2v) is 6.19. The van der Waals surface area contributed by atoms with Gasteiger partial charge in [-0.25, -0.2) is 18.1 Å². The highest BCUT2D eigenvalue weighted by molar-refractivity contribution is 7.89. The van der Waals surface area contributed by atoms with Crippen molar-refractivity contribution in [2.75, 3.05) is 25.6 Å². The number of anilines is 1. The van der Waals surface area contributed by atoms with Gasteiger partial charge in [0.25, 0.3) is 0 Å². The predicted molar refractivity (Wildman–Crippen MR) is 79.3 cm³/mol. The lowest BCUT2D eigenvalue weighted by Crippen LogP contribution is -2.37. The number of pyridine rings is 1. The lowest BCUT2D eigenvalue weighted by Gasteiger charge is -2.17. The molecule has 0 bridgehead atoms. The van der Waals surface area contributed by atoms with E-state index in [0.29, 0.717) is 12.4 Å². The zero-order valence-electron chi connectivity index (χ0n) is 12.2. The zero-order valence-corrected chi connectivity index (χ0v) is 13.0. The number of hydrogen-bond donors (Lipinski definition) is 2. The first-order chi connectivity index (χ1) is 9.53. The summed E-state index contributed by atoms with van der Waals surface area (Å²) in [5.41, 5.74) is 0. The predicted octanol–water partition coefficient (Wildman–Crippen LogP) is 1.61. The van der Waals surface area contributed by atoms with Gasteiger partial charge in [0.15, 0.2) is 0 Å². The van der Waals surface area contributed by atoms with Gasteiger partial charge in [-0.05, 0) is 25.5 Å². The third-order valence-electron chi connectivity index (χ3n) is 2.73. The topological polar surface area (TPSA) is 80.3 Å². The van der Waals surface area contributed by atoms with Crippen LogP contribution < -0.4 is 10.0 Å². The van der Waals surface area contributed by atoms with E-state index >= 15 is 0 Å². The SMILES string of the molecule is CCCC(COC)NS(=O)(=O)c1ccc(NCC)nc1. The first-order valence-corrected chi connectivity index (χ1v) is 8.23. The largest absolute Gasteiger partial charge is 0.383 e. The van der Waals surface area contributed by atoms with Crippen molar-refractivity contribution < 1.29 is 13.2 Å². The maximum atomic E-state index is 12.2. The van der Waals surface area contributed by atoms with Crippen LogP contribution in [-0.2, 0) is 14.8 Å². The van der Waals surface area contributed by atoms with E-state index in [-0.39, 0.29) is 10.9 Å². The van der Waals surface area contributed by atoms with Crippen LogP contribution in [0.2, 0.25) is 0 Å². The molecule has 0 aliphatic carbocycles. The Bertz CT molecular complexity index is 482. The van der Waals surface area contributed by atoms with Crippen LogP contribution in [-0.4, -0.2) is 39.7 Å². The number of sulfonamides is 1. The van der Waals surface area contributed by atoms with Crippen LogP contribution in [0.25, 0.3) is 0 Å². The molecule has 114 valence electrons. The molecule has 0 spiro atoms. The standard InChI is InChI=1S/C13H23N3O3S/c1-4-6-11(10-19-3)16-20(17,18)12-7-8-13(14-5-2)15-9-12/h7-9,11,16H,4-6,10H2,1-3H3,(H,14,15). The van der Waals surface area contributed by atoms with Gasteiger partial charge in [-0.1, -0.05) is 13.3 Å². The van der Waals surface area contributed by atoms with Crippen molar-refractivity contribution in [3.63, 3.8) is 0 Å². The van der Waals surface area contributed by atoms with Gasteiger partial charge in [0, 0.05) is 25.9 Å². The van der Waals surface area contributed by atoms with Crippen LogP contribution in [0.5, 0.6) is 0 Å².